The molecule has 0 aliphatic carbocycles. The highest BCUT2D eigenvalue weighted by Crippen LogP contribution is 2.23. The van der Waals surface area contributed by atoms with Gasteiger partial charge in [0.2, 0.25) is 0 Å². The summed E-state index contributed by atoms with van der Waals surface area (Å²) < 4.78 is 55.2. The van der Waals surface area contributed by atoms with Crippen LogP contribution in [0.5, 0.6) is 0 Å². The van der Waals surface area contributed by atoms with Crippen molar-refractivity contribution in [1.82, 2.24) is 9.97 Å². The monoisotopic (exact) mass is 529 g/mol. The van der Waals surface area contributed by atoms with Crippen molar-refractivity contribution in [2.75, 3.05) is 14.8 Å². The number of nitrogens with one attached hydrogen (secondary N) is 3. The van der Waals surface area contributed by atoms with E-state index in [0.717, 1.165) is 16.9 Å². The van der Waals surface area contributed by atoms with Crippen molar-refractivity contribution < 1.29 is 21.6 Å². The van der Waals surface area contributed by atoms with Crippen LogP contribution >= 0.6 is 11.3 Å². The van der Waals surface area contributed by atoms with Crippen molar-refractivity contribution in [3.8, 4) is 0 Å². The van der Waals surface area contributed by atoms with E-state index in [2.05, 4.69) is 24.7 Å². The summed E-state index contributed by atoms with van der Waals surface area (Å²) in [6.45, 7) is 1.84. The van der Waals surface area contributed by atoms with Crippen LogP contribution in [0.2, 0.25) is 0 Å². The standard InChI is InChI=1S/C22H19N5O5S3/c1-15-2-6-17(7-3-15)34(29,30)26-20-14-23-11-10-19(20)21(28)25-16-4-8-18(9-5-16)35(31,32)27-22-24-12-13-33-22/h2-14,26H,1H3,(H,24,27)(H,25,28). The minimum atomic E-state index is -3.95. The van der Waals surface area contributed by atoms with E-state index in [1.165, 1.54) is 61.1 Å². The molecule has 0 radical (unpaired) electrons. The number of aromatic nitrogens is 2. The van der Waals surface area contributed by atoms with Gasteiger partial charge in [0.15, 0.2) is 5.13 Å². The predicted molar refractivity (Wildman–Crippen MR) is 134 cm³/mol. The zero-order valence-corrected chi connectivity index (χ0v) is 20.6. The first kappa shape index (κ1) is 24.3. The van der Waals surface area contributed by atoms with Crippen molar-refractivity contribution in [3.05, 3.63) is 89.7 Å². The van der Waals surface area contributed by atoms with E-state index in [-0.39, 0.29) is 26.2 Å². The molecule has 0 fully saturated rings. The Balaban J connectivity index is 1.50. The molecule has 0 saturated carbocycles. The van der Waals surface area contributed by atoms with Crippen molar-refractivity contribution in [3.63, 3.8) is 0 Å². The van der Waals surface area contributed by atoms with Crippen LogP contribution in [-0.2, 0) is 20.0 Å². The zero-order valence-electron chi connectivity index (χ0n) is 18.2. The van der Waals surface area contributed by atoms with Crippen molar-refractivity contribution in [2.45, 2.75) is 16.7 Å². The number of amides is 1. The minimum absolute atomic E-state index is 0.00239. The first-order chi connectivity index (χ1) is 16.6. The van der Waals surface area contributed by atoms with Crippen LogP contribution in [0.15, 0.2) is 88.4 Å². The van der Waals surface area contributed by atoms with E-state index < -0.39 is 26.0 Å². The fourth-order valence-corrected chi connectivity index (χ4v) is 5.81. The largest absolute Gasteiger partial charge is 0.322 e. The summed E-state index contributed by atoms with van der Waals surface area (Å²) in [4.78, 5) is 20.7. The molecule has 10 nitrogen and oxygen atoms in total. The molecular weight excluding hydrogens is 510 g/mol. The molecule has 0 spiro atoms. The number of hydrogen-bond donors (Lipinski definition) is 3. The van der Waals surface area contributed by atoms with Gasteiger partial charge in [-0.05, 0) is 49.4 Å². The Bertz CT molecular complexity index is 1550. The Morgan fingerprint density at radius 3 is 2.09 bits per heavy atom. The topological polar surface area (TPSA) is 147 Å². The van der Waals surface area contributed by atoms with Gasteiger partial charge in [0.05, 0.1) is 27.2 Å². The number of rotatable bonds is 8. The first-order valence-electron chi connectivity index (χ1n) is 10.0. The Morgan fingerprint density at radius 2 is 1.46 bits per heavy atom. The summed E-state index contributed by atoms with van der Waals surface area (Å²) in [7, 11) is -7.79. The minimum Gasteiger partial charge on any atom is -0.322 e. The third kappa shape index (κ3) is 5.82. The number of pyridine rings is 1. The Labute approximate surface area is 206 Å². The van der Waals surface area contributed by atoms with Gasteiger partial charge in [-0.2, -0.15) is 0 Å². The fraction of sp³-hybridized carbons (Fsp3) is 0.0455. The highest BCUT2D eigenvalue weighted by atomic mass is 32.2. The second-order valence-corrected chi connectivity index (χ2v) is 11.5. The van der Waals surface area contributed by atoms with Gasteiger partial charge in [0.25, 0.3) is 26.0 Å². The number of thiazole rings is 1. The first-order valence-corrected chi connectivity index (χ1v) is 13.9. The number of carbonyl (C=O) groups excluding carboxylic acids is 1. The number of sulfonamides is 2. The number of anilines is 3. The summed E-state index contributed by atoms with van der Waals surface area (Å²) in [5.74, 6) is -0.606. The molecule has 0 atom stereocenters. The average Bonchev–Trinajstić information content (AvgIpc) is 3.32. The normalized spacial score (nSPS) is 11.6. The maximum absolute atomic E-state index is 12.9. The van der Waals surface area contributed by atoms with Crippen LogP contribution < -0.4 is 14.8 Å². The van der Waals surface area contributed by atoms with E-state index in [9.17, 15) is 21.6 Å². The lowest BCUT2D eigenvalue weighted by Crippen LogP contribution is -2.19. The van der Waals surface area contributed by atoms with Crippen LogP contribution in [0.3, 0.4) is 0 Å². The lowest BCUT2D eigenvalue weighted by atomic mass is 10.2. The molecule has 3 N–H and O–H groups in total. The van der Waals surface area contributed by atoms with Crippen LogP contribution in [0.4, 0.5) is 16.5 Å². The van der Waals surface area contributed by atoms with Gasteiger partial charge >= 0.3 is 0 Å². The summed E-state index contributed by atoms with van der Waals surface area (Å²) in [6.07, 6.45) is 4.08. The summed E-state index contributed by atoms with van der Waals surface area (Å²) in [6, 6.07) is 13.2. The van der Waals surface area contributed by atoms with Crippen molar-refractivity contribution in [2.24, 2.45) is 0 Å². The number of nitrogens with zero attached hydrogens (tertiary/aromatic N) is 2. The molecule has 2 heterocycles. The van der Waals surface area contributed by atoms with Gasteiger partial charge in [0, 0.05) is 23.5 Å². The molecule has 1 amide bonds. The predicted octanol–water partition coefficient (Wildman–Crippen LogP) is 3.70. The molecule has 4 rings (SSSR count). The van der Waals surface area contributed by atoms with E-state index >= 15 is 0 Å². The molecule has 0 bridgehead atoms. The molecular formula is C22H19N5O5S3. The van der Waals surface area contributed by atoms with E-state index in [1.807, 2.05) is 6.92 Å². The molecule has 13 heteroatoms. The Kier molecular flexibility index (Phi) is 6.82. The van der Waals surface area contributed by atoms with E-state index in [0.29, 0.717) is 5.69 Å². The smallest absolute Gasteiger partial charge is 0.263 e. The van der Waals surface area contributed by atoms with Gasteiger partial charge in [-0.25, -0.2) is 21.8 Å². The second kappa shape index (κ2) is 9.82. The maximum Gasteiger partial charge on any atom is 0.263 e. The third-order valence-electron chi connectivity index (χ3n) is 4.72. The molecule has 0 unspecified atom stereocenters. The SMILES string of the molecule is Cc1ccc(S(=O)(=O)Nc2cnccc2C(=O)Nc2ccc(S(=O)(=O)Nc3nccs3)cc2)cc1. The van der Waals surface area contributed by atoms with Gasteiger partial charge in [-0.3, -0.25) is 19.2 Å². The van der Waals surface area contributed by atoms with E-state index in [4.69, 9.17) is 0 Å². The third-order valence-corrected chi connectivity index (χ3v) is 8.27. The van der Waals surface area contributed by atoms with Crippen molar-refractivity contribution in [1.29, 1.82) is 0 Å². The summed E-state index contributed by atoms with van der Waals surface area (Å²) in [5, 5.41) is 4.51. The van der Waals surface area contributed by atoms with Crippen LogP contribution in [0.1, 0.15) is 15.9 Å². The number of aryl methyl sites for hydroxylation is 1. The second-order valence-electron chi connectivity index (χ2n) is 7.26. The molecule has 2 aromatic heterocycles. The molecule has 0 aliphatic heterocycles. The van der Waals surface area contributed by atoms with Crippen LogP contribution in [0, 0.1) is 6.92 Å². The molecule has 2 aromatic carbocycles. The van der Waals surface area contributed by atoms with Gasteiger partial charge < -0.3 is 5.32 Å². The maximum atomic E-state index is 12.9. The lowest BCUT2D eigenvalue weighted by molar-refractivity contribution is 0.102. The van der Waals surface area contributed by atoms with Crippen molar-refractivity contribution >= 4 is 53.8 Å². The molecule has 35 heavy (non-hydrogen) atoms. The number of carbonyl (C=O) groups is 1. The quantitative estimate of drug-likeness (QED) is 0.315. The van der Waals surface area contributed by atoms with Crippen LogP contribution in [-0.4, -0.2) is 32.7 Å². The highest BCUT2D eigenvalue weighted by molar-refractivity contribution is 7.93. The summed E-state index contributed by atoms with van der Waals surface area (Å²) in [5.41, 5.74) is 1.26. The molecule has 180 valence electrons. The average molecular weight is 530 g/mol. The zero-order chi connectivity index (χ0) is 25.1. The lowest BCUT2D eigenvalue weighted by Gasteiger charge is -2.13. The van der Waals surface area contributed by atoms with Gasteiger partial charge in [-0.1, -0.05) is 17.7 Å². The van der Waals surface area contributed by atoms with Gasteiger partial charge in [-0.15, -0.1) is 11.3 Å². The van der Waals surface area contributed by atoms with Gasteiger partial charge in [0.1, 0.15) is 0 Å². The van der Waals surface area contributed by atoms with E-state index in [1.54, 1.807) is 17.5 Å². The Morgan fingerprint density at radius 1 is 0.829 bits per heavy atom. The van der Waals surface area contributed by atoms with Crippen LogP contribution in [0.25, 0.3) is 0 Å². The molecule has 0 aliphatic rings. The number of hydrogen-bond acceptors (Lipinski definition) is 8. The molecule has 4 aromatic rings. The molecule has 0 saturated heterocycles. The Hall–Kier alpha value is -3.81. The fourth-order valence-electron chi connectivity index (χ4n) is 2.96. The number of benzene rings is 2. The summed E-state index contributed by atoms with van der Waals surface area (Å²) >= 11 is 1.15. The highest BCUT2D eigenvalue weighted by Gasteiger charge is 2.20.